The summed E-state index contributed by atoms with van der Waals surface area (Å²) in [5, 5.41) is -4.49. The molecule has 5 rings (SSSR count). The number of halogens is 2. The third-order valence-electron chi connectivity index (χ3n) is 8.50. The Hall–Kier alpha value is -3.03. The Kier molecular flexibility index (Phi) is 10.4. The van der Waals surface area contributed by atoms with Crippen LogP contribution in [0.15, 0.2) is 87.5 Å². The monoisotopic (exact) mass is 691 g/mol. The van der Waals surface area contributed by atoms with Gasteiger partial charge in [-0.3, -0.25) is 9.35 Å². The molecule has 12 heteroatoms. The molecule has 1 aliphatic carbocycles. The zero-order valence-electron chi connectivity index (χ0n) is 26.9. The Labute approximate surface area is 277 Å². The molecule has 1 N–H and O–H groups in total. The van der Waals surface area contributed by atoms with Crippen molar-refractivity contribution in [3.63, 3.8) is 0 Å². The van der Waals surface area contributed by atoms with Crippen LogP contribution in [0.5, 0.6) is 11.5 Å². The lowest BCUT2D eigenvalue weighted by atomic mass is 9.89. The zero-order chi connectivity index (χ0) is 34.0. The molecule has 1 heterocycles. The van der Waals surface area contributed by atoms with E-state index < -0.39 is 38.2 Å². The molecule has 1 aliphatic heterocycles. The van der Waals surface area contributed by atoms with Crippen LogP contribution in [-0.4, -0.2) is 43.5 Å². The number of ether oxygens (including phenoxy) is 4. The number of carbonyl (C=O) groups is 1. The minimum Gasteiger partial charge on any atom is -0.483 e. The number of carbonyl (C=O) groups excluding carboxylic acids is 1. The molecule has 0 radical (unpaired) electrons. The van der Waals surface area contributed by atoms with Crippen LogP contribution in [0.4, 0.5) is 8.78 Å². The van der Waals surface area contributed by atoms with Gasteiger partial charge in [-0.1, -0.05) is 33.1 Å². The molecular formula is C35H41F2O8S2+. The predicted molar refractivity (Wildman–Crippen MR) is 173 cm³/mol. The fourth-order valence-corrected chi connectivity index (χ4v) is 8.05. The number of hydrogen-bond acceptors (Lipinski definition) is 7. The number of esters is 1. The second-order valence-corrected chi connectivity index (χ2v) is 16.5. The zero-order valence-corrected chi connectivity index (χ0v) is 28.5. The quantitative estimate of drug-likeness (QED) is 0.0995. The van der Waals surface area contributed by atoms with Crippen LogP contribution in [0.2, 0.25) is 0 Å². The summed E-state index contributed by atoms with van der Waals surface area (Å²) in [5.74, 6) is -0.710. The average Bonchev–Trinajstić information content (AvgIpc) is 3.04. The van der Waals surface area contributed by atoms with Gasteiger partial charge < -0.3 is 18.9 Å². The molecule has 2 aliphatic rings. The SMILES string of the molecule is CC(Oc1ccc([S+](c2ccc(OC(=O)C3CCCCC3)cc2)c2ccc(C3(C)OCC(C)(C)CO3)cc2)cc1)C(F)(F)S(=O)(=O)O. The largest absolute Gasteiger partial charge is 0.483 e. The van der Waals surface area contributed by atoms with Gasteiger partial charge in [0.2, 0.25) is 0 Å². The van der Waals surface area contributed by atoms with Crippen molar-refractivity contribution in [2.45, 2.75) is 91.6 Å². The van der Waals surface area contributed by atoms with E-state index in [4.69, 9.17) is 23.5 Å². The molecule has 47 heavy (non-hydrogen) atoms. The van der Waals surface area contributed by atoms with Crippen LogP contribution in [0.25, 0.3) is 0 Å². The molecule has 1 saturated carbocycles. The second-order valence-electron chi connectivity index (χ2n) is 13.0. The summed E-state index contributed by atoms with van der Waals surface area (Å²) in [5.41, 5.74) is 0.779. The number of alkyl halides is 2. The molecule has 2 atom stereocenters. The van der Waals surface area contributed by atoms with Crippen LogP contribution >= 0.6 is 0 Å². The number of hydrogen-bond donors (Lipinski definition) is 1. The van der Waals surface area contributed by atoms with Gasteiger partial charge in [0.05, 0.1) is 30.0 Å². The summed E-state index contributed by atoms with van der Waals surface area (Å²) in [6, 6.07) is 21.7. The average molecular weight is 692 g/mol. The number of rotatable bonds is 10. The topological polar surface area (TPSA) is 108 Å². The Morgan fingerprint density at radius 3 is 1.81 bits per heavy atom. The maximum Gasteiger partial charge on any atom is 0.405 e. The molecule has 3 aromatic carbocycles. The van der Waals surface area contributed by atoms with E-state index in [0.717, 1.165) is 59.3 Å². The molecule has 0 bridgehead atoms. The van der Waals surface area contributed by atoms with Crippen molar-refractivity contribution in [1.82, 2.24) is 0 Å². The Bertz CT molecular complexity index is 1630. The van der Waals surface area contributed by atoms with Gasteiger partial charge in [0.15, 0.2) is 26.6 Å². The van der Waals surface area contributed by atoms with Gasteiger partial charge in [-0.15, -0.1) is 0 Å². The van der Waals surface area contributed by atoms with E-state index in [1.807, 2.05) is 43.3 Å². The molecule has 1 saturated heterocycles. The fraction of sp³-hybridized carbons (Fsp3) is 0.457. The van der Waals surface area contributed by atoms with Gasteiger partial charge in [0.1, 0.15) is 11.5 Å². The third kappa shape index (κ3) is 8.17. The highest BCUT2D eigenvalue weighted by molar-refractivity contribution is 7.97. The highest BCUT2D eigenvalue weighted by atomic mass is 32.2. The molecule has 0 aromatic heterocycles. The van der Waals surface area contributed by atoms with Gasteiger partial charge in [-0.05, 0) is 99.5 Å². The van der Waals surface area contributed by atoms with E-state index in [1.54, 1.807) is 24.3 Å². The van der Waals surface area contributed by atoms with Crippen LogP contribution in [-0.2, 0) is 41.1 Å². The van der Waals surface area contributed by atoms with Crippen molar-refractivity contribution < 1.29 is 45.5 Å². The smallest absolute Gasteiger partial charge is 0.405 e. The van der Waals surface area contributed by atoms with Crippen LogP contribution in [0.3, 0.4) is 0 Å². The molecule has 8 nitrogen and oxygen atoms in total. The number of benzene rings is 3. The summed E-state index contributed by atoms with van der Waals surface area (Å²) in [4.78, 5) is 15.4. The highest BCUT2D eigenvalue weighted by Crippen LogP contribution is 2.39. The van der Waals surface area contributed by atoms with E-state index in [9.17, 15) is 22.0 Å². The molecule has 0 amide bonds. The molecule has 2 unspecified atom stereocenters. The maximum atomic E-state index is 14.1. The van der Waals surface area contributed by atoms with Crippen molar-refractivity contribution in [3.05, 3.63) is 78.4 Å². The highest BCUT2D eigenvalue weighted by Gasteiger charge is 2.51. The van der Waals surface area contributed by atoms with Crippen molar-refractivity contribution in [2.24, 2.45) is 11.3 Å². The molecular weight excluding hydrogens is 651 g/mol. The predicted octanol–water partition coefficient (Wildman–Crippen LogP) is 7.76. The van der Waals surface area contributed by atoms with Crippen molar-refractivity contribution in [3.8, 4) is 11.5 Å². The van der Waals surface area contributed by atoms with E-state index in [1.165, 1.54) is 12.1 Å². The lowest BCUT2D eigenvalue weighted by molar-refractivity contribution is -0.298. The van der Waals surface area contributed by atoms with Gasteiger partial charge in [0.25, 0.3) is 0 Å². The summed E-state index contributed by atoms with van der Waals surface area (Å²) in [6.45, 7) is 8.04. The van der Waals surface area contributed by atoms with E-state index in [-0.39, 0.29) is 23.1 Å². The second kappa shape index (κ2) is 13.8. The minimum atomic E-state index is -5.66. The minimum absolute atomic E-state index is 0.0101. The van der Waals surface area contributed by atoms with E-state index in [0.29, 0.717) is 19.0 Å². The van der Waals surface area contributed by atoms with Crippen LogP contribution < -0.4 is 9.47 Å². The summed E-state index contributed by atoms with van der Waals surface area (Å²) in [6.07, 6.45) is 2.75. The Morgan fingerprint density at radius 1 is 0.851 bits per heavy atom. The first-order chi connectivity index (χ1) is 22.1. The molecule has 0 spiro atoms. The van der Waals surface area contributed by atoms with Gasteiger partial charge in [0, 0.05) is 11.0 Å². The van der Waals surface area contributed by atoms with Crippen molar-refractivity contribution >= 4 is 27.0 Å². The fourth-order valence-electron chi connectivity index (χ4n) is 5.54. The van der Waals surface area contributed by atoms with E-state index in [2.05, 4.69) is 13.8 Å². The first-order valence-corrected chi connectivity index (χ1v) is 18.3. The van der Waals surface area contributed by atoms with E-state index >= 15 is 0 Å². The normalized spacial score (nSPS) is 19.8. The van der Waals surface area contributed by atoms with Crippen molar-refractivity contribution in [1.29, 1.82) is 0 Å². The molecule has 254 valence electrons. The Balaban J connectivity index is 1.41. The lowest BCUT2D eigenvalue weighted by Crippen LogP contribution is -2.43. The summed E-state index contributed by atoms with van der Waals surface area (Å²) in [7, 11) is -6.35. The van der Waals surface area contributed by atoms with Crippen LogP contribution in [0, 0.1) is 11.3 Å². The third-order valence-corrected chi connectivity index (χ3v) is 11.7. The van der Waals surface area contributed by atoms with Crippen molar-refractivity contribution in [2.75, 3.05) is 13.2 Å². The Morgan fingerprint density at radius 2 is 1.32 bits per heavy atom. The first-order valence-electron chi connectivity index (χ1n) is 15.6. The van der Waals surface area contributed by atoms with Gasteiger partial charge in [-0.2, -0.15) is 17.2 Å². The summed E-state index contributed by atoms with van der Waals surface area (Å²) >= 11 is 0. The molecule has 2 fully saturated rings. The standard InChI is InChI=1S/C35H40F2O8S2/c1-24(35(36,37)47(39,40)41)44-27-12-18-30(19-13-27)46(29-16-10-26(11-17-29)34(4)42-22-33(2,3)23-43-34)31-20-14-28(15-21-31)45-32(38)25-8-6-5-7-9-25/h10-21,24-25H,5-9,22-23H2,1-4H3/p+1. The summed E-state index contributed by atoms with van der Waals surface area (Å²) < 4.78 is 82.6. The first kappa shape index (κ1) is 35.3. The van der Waals surface area contributed by atoms with Gasteiger partial charge >= 0.3 is 21.3 Å². The van der Waals surface area contributed by atoms with Gasteiger partial charge in [-0.25, -0.2) is 0 Å². The molecule has 3 aromatic rings. The van der Waals surface area contributed by atoms with Crippen LogP contribution in [0.1, 0.15) is 65.4 Å². The lowest BCUT2D eigenvalue weighted by Gasteiger charge is -2.41. The maximum absolute atomic E-state index is 14.1.